The summed E-state index contributed by atoms with van der Waals surface area (Å²) in [6, 6.07) is 12.8. The van der Waals surface area contributed by atoms with E-state index in [-0.39, 0.29) is 18.0 Å². The first kappa shape index (κ1) is 16.6. The zero-order valence-corrected chi connectivity index (χ0v) is 15.1. The van der Waals surface area contributed by atoms with Crippen molar-refractivity contribution in [3.05, 3.63) is 58.3 Å². The molecule has 0 spiro atoms. The number of anilines is 1. The zero-order valence-electron chi connectivity index (χ0n) is 15.1. The summed E-state index contributed by atoms with van der Waals surface area (Å²) in [7, 11) is 0. The van der Waals surface area contributed by atoms with Gasteiger partial charge in [0.1, 0.15) is 11.9 Å². The van der Waals surface area contributed by atoms with E-state index in [9.17, 15) is 10.1 Å². The van der Waals surface area contributed by atoms with Crippen LogP contribution >= 0.6 is 0 Å². The minimum atomic E-state index is -0.00740. The van der Waals surface area contributed by atoms with Crippen molar-refractivity contribution in [3.63, 3.8) is 0 Å². The molecule has 0 saturated carbocycles. The van der Waals surface area contributed by atoms with Crippen LogP contribution < -0.4 is 5.32 Å². The number of likely N-dealkylation sites (tertiary alicyclic amines) is 1. The van der Waals surface area contributed by atoms with Gasteiger partial charge in [0.25, 0.3) is 0 Å². The molecule has 1 aromatic carbocycles. The second kappa shape index (κ2) is 6.45. The number of fused-ring (bicyclic) bond motifs is 1. The number of nitriles is 1. The largest absolute Gasteiger partial charge is 0.364 e. The van der Waals surface area contributed by atoms with E-state index in [0.29, 0.717) is 24.3 Å². The molecular weight excluding hydrogens is 324 g/mol. The topological polar surface area (TPSA) is 69.0 Å². The quantitative estimate of drug-likeness (QED) is 0.928. The van der Waals surface area contributed by atoms with Crippen molar-refractivity contribution in [3.8, 4) is 6.07 Å². The number of carbonyl (C=O) groups is 1. The average Bonchev–Trinajstić information content (AvgIpc) is 3.17. The number of rotatable bonds is 3. The Balaban J connectivity index is 1.49. The van der Waals surface area contributed by atoms with E-state index in [1.54, 1.807) is 0 Å². The van der Waals surface area contributed by atoms with Gasteiger partial charge in [0.15, 0.2) is 0 Å². The van der Waals surface area contributed by atoms with E-state index in [1.807, 2.05) is 24.8 Å². The molecule has 1 aliphatic heterocycles. The van der Waals surface area contributed by atoms with Crippen LogP contribution in [0.15, 0.2) is 30.3 Å². The lowest BCUT2D eigenvalue weighted by Crippen LogP contribution is -2.38. The van der Waals surface area contributed by atoms with Crippen LogP contribution in [0.1, 0.15) is 34.4 Å². The van der Waals surface area contributed by atoms with E-state index in [4.69, 9.17) is 0 Å². The summed E-state index contributed by atoms with van der Waals surface area (Å²) < 4.78 is 0. The molecule has 1 atom stereocenters. The first-order valence-corrected chi connectivity index (χ1v) is 9.06. The van der Waals surface area contributed by atoms with Crippen molar-refractivity contribution < 1.29 is 4.79 Å². The van der Waals surface area contributed by atoms with Crippen LogP contribution in [0.4, 0.5) is 5.82 Å². The van der Waals surface area contributed by atoms with E-state index in [0.717, 1.165) is 24.1 Å². The highest BCUT2D eigenvalue weighted by Crippen LogP contribution is 2.29. The Kier molecular flexibility index (Phi) is 4.12. The first-order chi connectivity index (χ1) is 12.5. The lowest BCUT2D eigenvalue weighted by Gasteiger charge is -2.24. The Morgan fingerprint density at radius 3 is 2.54 bits per heavy atom. The molecule has 5 heteroatoms. The van der Waals surface area contributed by atoms with Crippen molar-refractivity contribution in [1.82, 2.24) is 9.88 Å². The third-order valence-corrected chi connectivity index (χ3v) is 5.43. The van der Waals surface area contributed by atoms with Crippen molar-refractivity contribution in [1.29, 1.82) is 5.26 Å². The number of pyridine rings is 1. The number of amides is 1. The van der Waals surface area contributed by atoms with Crippen molar-refractivity contribution >= 4 is 11.7 Å². The molecule has 1 amide bonds. The van der Waals surface area contributed by atoms with Gasteiger partial charge in [0.2, 0.25) is 5.91 Å². The van der Waals surface area contributed by atoms with Gasteiger partial charge < -0.3 is 10.2 Å². The molecule has 1 N–H and O–H groups in total. The Hall–Kier alpha value is -2.87. The predicted octanol–water partition coefficient (Wildman–Crippen LogP) is 2.75. The van der Waals surface area contributed by atoms with Crippen LogP contribution in [-0.4, -0.2) is 34.4 Å². The second-order valence-electron chi connectivity index (χ2n) is 7.34. The summed E-state index contributed by atoms with van der Waals surface area (Å²) in [5.74, 6) is 0.780. The molecule has 2 aliphatic rings. The van der Waals surface area contributed by atoms with Gasteiger partial charge in [0, 0.05) is 24.7 Å². The van der Waals surface area contributed by atoms with Gasteiger partial charge in [-0.3, -0.25) is 4.79 Å². The van der Waals surface area contributed by atoms with Crippen LogP contribution in [0, 0.1) is 25.2 Å². The zero-order chi connectivity index (χ0) is 18.3. The summed E-state index contributed by atoms with van der Waals surface area (Å²) >= 11 is 0. The van der Waals surface area contributed by atoms with Crippen molar-refractivity contribution in [2.75, 3.05) is 11.9 Å². The highest BCUT2D eigenvalue weighted by molar-refractivity contribution is 5.80. The van der Waals surface area contributed by atoms with Gasteiger partial charge in [-0.1, -0.05) is 24.3 Å². The number of aryl methyl sites for hydroxylation is 2. The number of nitrogens with zero attached hydrogens (tertiary/aromatic N) is 3. The smallest absolute Gasteiger partial charge is 0.225 e. The third-order valence-electron chi connectivity index (χ3n) is 5.43. The Morgan fingerprint density at radius 2 is 1.88 bits per heavy atom. The summed E-state index contributed by atoms with van der Waals surface area (Å²) in [5.41, 5.74) is 5.05. The molecule has 2 aromatic rings. The number of carbonyl (C=O) groups excluding carboxylic acids is 1. The highest BCUT2D eigenvalue weighted by Gasteiger charge is 2.37. The second-order valence-corrected chi connectivity index (χ2v) is 7.34. The van der Waals surface area contributed by atoms with E-state index in [1.165, 1.54) is 11.1 Å². The van der Waals surface area contributed by atoms with Crippen LogP contribution in [-0.2, 0) is 17.6 Å². The Bertz CT molecular complexity index is 890. The number of nitrogens with one attached hydrogen (secondary N) is 1. The van der Waals surface area contributed by atoms with E-state index < -0.39 is 0 Å². The summed E-state index contributed by atoms with van der Waals surface area (Å²) in [5, 5.41) is 12.8. The standard InChI is InChI=1S/C21H22N4O/c1-13-7-14(2)23-21(19(13)11-22)24-17-10-20(26)25(12-17)18-8-15-5-3-4-6-16(15)9-18/h3-7,17-18H,8-10,12H2,1-2H3,(H,23,24). The number of benzene rings is 1. The monoisotopic (exact) mass is 346 g/mol. The molecule has 4 rings (SSSR count). The minimum Gasteiger partial charge on any atom is -0.364 e. The highest BCUT2D eigenvalue weighted by atomic mass is 16.2. The summed E-state index contributed by atoms with van der Waals surface area (Å²) in [6.45, 7) is 4.50. The lowest BCUT2D eigenvalue weighted by atomic mass is 10.1. The van der Waals surface area contributed by atoms with Crippen molar-refractivity contribution in [2.24, 2.45) is 0 Å². The molecule has 2 heterocycles. The molecule has 1 saturated heterocycles. The Morgan fingerprint density at radius 1 is 1.19 bits per heavy atom. The first-order valence-electron chi connectivity index (χ1n) is 9.06. The van der Waals surface area contributed by atoms with Gasteiger partial charge in [-0.05, 0) is 49.4 Å². The average molecular weight is 346 g/mol. The molecule has 0 radical (unpaired) electrons. The molecule has 1 unspecified atom stereocenters. The van der Waals surface area contributed by atoms with Crippen LogP contribution in [0.2, 0.25) is 0 Å². The van der Waals surface area contributed by atoms with Crippen LogP contribution in [0.5, 0.6) is 0 Å². The number of hydrogen-bond donors (Lipinski definition) is 1. The summed E-state index contributed by atoms with van der Waals surface area (Å²) in [4.78, 5) is 19.1. The normalized spacial score (nSPS) is 19.5. The predicted molar refractivity (Wildman–Crippen MR) is 99.8 cm³/mol. The number of hydrogen-bond acceptors (Lipinski definition) is 4. The molecule has 0 bridgehead atoms. The maximum Gasteiger partial charge on any atom is 0.225 e. The Labute approximate surface area is 153 Å². The van der Waals surface area contributed by atoms with Crippen LogP contribution in [0.25, 0.3) is 0 Å². The third kappa shape index (κ3) is 2.92. The molecule has 1 fully saturated rings. The summed E-state index contributed by atoms with van der Waals surface area (Å²) in [6.07, 6.45) is 2.31. The van der Waals surface area contributed by atoms with Gasteiger partial charge in [0.05, 0.1) is 11.6 Å². The molecule has 5 nitrogen and oxygen atoms in total. The van der Waals surface area contributed by atoms with Gasteiger partial charge in [-0.15, -0.1) is 0 Å². The van der Waals surface area contributed by atoms with Crippen LogP contribution in [0.3, 0.4) is 0 Å². The van der Waals surface area contributed by atoms with E-state index >= 15 is 0 Å². The molecule has 1 aliphatic carbocycles. The van der Waals surface area contributed by atoms with E-state index in [2.05, 4.69) is 40.6 Å². The van der Waals surface area contributed by atoms with Gasteiger partial charge >= 0.3 is 0 Å². The molecular formula is C21H22N4O. The SMILES string of the molecule is Cc1cc(C)c(C#N)c(NC2CC(=O)N(C3Cc4ccccc4C3)C2)n1. The fraction of sp³-hybridized carbons (Fsp3) is 0.381. The van der Waals surface area contributed by atoms with Crippen molar-refractivity contribution in [2.45, 2.75) is 45.2 Å². The van der Waals surface area contributed by atoms with Gasteiger partial charge in [-0.25, -0.2) is 4.98 Å². The van der Waals surface area contributed by atoms with Gasteiger partial charge in [-0.2, -0.15) is 5.26 Å². The molecule has 26 heavy (non-hydrogen) atoms. The molecule has 132 valence electrons. The minimum absolute atomic E-state index is 0.00740. The molecule has 1 aromatic heterocycles. The lowest BCUT2D eigenvalue weighted by molar-refractivity contribution is -0.129. The fourth-order valence-corrected chi connectivity index (χ4v) is 4.21. The fourth-order valence-electron chi connectivity index (χ4n) is 4.21. The maximum atomic E-state index is 12.6. The maximum absolute atomic E-state index is 12.6. The number of aromatic nitrogens is 1.